The molecule has 2 aliphatic rings. The Hall–Kier alpha value is -2.40. The fourth-order valence-electron chi connectivity index (χ4n) is 4.33. The van der Waals surface area contributed by atoms with Crippen molar-refractivity contribution in [1.29, 1.82) is 0 Å². The maximum absolute atomic E-state index is 12.9. The Kier molecular flexibility index (Phi) is 8.79. The van der Waals surface area contributed by atoms with Crippen molar-refractivity contribution in [3.8, 4) is 0 Å². The smallest absolute Gasteiger partial charge is 0.444 e. The number of hydrogen-bond acceptors (Lipinski definition) is 8. The van der Waals surface area contributed by atoms with Crippen LogP contribution >= 0.6 is 0 Å². The average Bonchev–Trinajstić information content (AvgIpc) is 3.01. The van der Waals surface area contributed by atoms with Gasteiger partial charge in [0.05, 0.1) is 11.2 Å². The molecule has 0 spiro atoms. The van der Waals surface area contributed by atoms with Gasteiger partial charge in [0.25, 0.3) is 0 Å². The number of nitrogens with one attached hydrogen (secondary N) is 2. The van der Waals surface area contributed by atoms with E-state index in [9.17, 15) is 9.59 Å². The predicted octanol–water partition coefficient (Wildman–Crippen LogP) is 2.66. The van der Waals surface area contributed by atoms with Crippen LogP contribution in [0.25, 0.3) is 0 Å². The van der Waals surface area contributed by atoms with Crippen LogP contribution in [-0.2, 0) is 18.8 Å². The molecule has 10 nitrogen and oxygen atoms in total. The Labute approximate surface area is 221 Å². The van der Waals surface area contributed by atoms with Crippen LogP contribution in [0.2, 0.25) is 0 Å². The summed E-state index contributed by atoms with van der Waals surface area (Å²) in [5, 5.41) is 5.74. The predicted molar refractivity (Wildman–Crippen MR) is 144 cm³/mol. The molecule has 0 unspecified atom stereocenters. The minimum absolute atomic E-state index is 0.0775. The lowest BCUT2D eigenvalue weighted by molar-refractivity contribution is -0.124. The third kappa shape index (κ3) is 7.57. The van der Waals surface area contributed by atoms with Crippen LogP contribution in [0.4, 0.5) is 10.7 Å². The minimum Gasteiger partial charge on any atom is -0.444 e. The molecule has 37 heavy (non-hydrogen) atoms. The molecule has 1 aromatic heterocycles. The summed E-state index contributed by atoms with van der Waals surface area (Å²) in [5.74, 6) is 0.619. The van der Waals surface area contributed by atoms with Crippen molar-refractivity contribution < 1.29 is 23.6 Å². The summed E-state index contributed by atoms with van der Waals surface area (Å²) >= 11 is 0. The van der Waals surface area contributed by atoms with Gasteiger partial charge in [-0.15, -0.1) is 0 Å². The number of hydrogen-bond donors (Lipinski definition) is 2. The molecule has 2 amide bonds. The molecule has 0 radical (unpaired) electrons. The van der Waals surface area contributed by atoms with E-state index in [1.54, 1.807) is 33.2 Å². The highest BCUT2D eigenvalue weighted by Gasteiger charge is 2.52. The molecular weight excluding hydrogens is 473 g/mol. The summed E-state index contributed by atoms with van der Waals surface area (Å²) in [7, 11) is -0.494. The van der Waals surface area contributed by atoms with Gasteiger partial charge in [-0.05, 0) is 73.1 Å². The summed E-state index contributed by atoms with van der Waals surface area (Å²) < 4.78 is 17.5. The molecule has 0 aromatic carbocycles. The molecule has 3 rings (SSSR count). The molecule has 2 atom stereocenters. The van der Waals surface area contributed by atoms with Crippen molar-refractivity contribution in [3.63, 3.8) is 0 Å². The lowest BCUT2D eigenvalue weighted by Crippen LogP contribution is -2.52. The Morgan fingerprint density at radius 1 is 1.16 bits per heavy atom. The summed E-state index contributed by atoms with van der Waals surface area (Å²) in [4.78, 5) is 36.4. The van der Waals surface area contributed by atoms with Crippen molar-refractivity contribution in [2.75, 3.05) is 24.5 Å². The second-order valence-electron chi connectivity index (χ2n) is 12.5. The van der Waals surface area contributed by atoms with Crippen LogP contribution in [0, 0.1) is 11.8 Å². The number of aromatic nitrogens is 2. The van der Waals surface area contributed by atoms with Gasteiger partial charge >= 0.3 is 13.2 Å². The minimum atomic E-state index is -0.666. The first kappa shape index (κ1) is 29.2. The fourth-order valence-corrected chi connectivity index (χ4v) is 4.33. The van der Waals surface area contributed by atoms with Crippen LogP contribution in [0.1, 0.15) is 75.2 Å². The molecule has 2 aliphatic heterocycles. The molecular formula is C26H44BN5O5. The molecule has 3 heterocycles. The largest absolute Gasteiger partial charge is 0.498 e. The molecule has 0 saturated carbocycles. The monoisotopic (exact) mass is 517 g/mol. The molecule has 206 valence electrons. The standard InChI is InChI=1S/C26H44BN5O5/c1-17(2)20(31-23(34)35-24(3,4)5)21(33)28-13-18-11-10-12-32(16-18)22-29-14-19(15-30-22)27-36-25(6,7)26(8,9)37-27/h14-15,17-18,20H,10-13,16H2,1-9H3,(H,28,33)(H,31,34)/t18-,20-/m0/s1. The number of ether oxygens (including phenoxy) is 1. The summed E-state index contributed by atoms with van der Waals surface area (Å²) in [5.41, 5.74) is -0.672. The second-order valence-corrected chi connectivity index (χ2v) is 12.5. The first-order valence-electron chi connectivity index (χ1n) is 13.3. The number of nitrogens with zero attached hydrogens (tertiary/aromatic N) is 3. The normalized spacial score (nSPS) is 22.1. The topological polar surface area (TPSA) is 115 Å². The van der Waals surface area contributed by atoms with Crippen molar-refractivity contribution in [2.45, 2.75) is 98.0 Å². The van der Waals surface area contributed by atoms with E-state index in [0.29, 0.717) is 12.5 Å². The Morgan fingerprint density at radius 2 is 1.76 bits per heavy atom. The lowest BCUT2D eigenvalue weighted by atomic mass is 9.81. The summed E-state index contributed by atoms with van der Waals surface area (Å²) in [6, 6.07) is -0.666. The number of rotatable bonds is 7. The number of piperidine rings is 1. The number of anilines is 1. The summed E-state index contributed by atoms with van der Waals surface area (Å²) in [6.07, 6.45) is 4.92. The van der Waals surface area contributed by atoms with Gasteiger partial charge in [0, 0.05) is 37.5 Å². The Morgan fingerprint density at radius 3 is 2.30 bits per heavy atom. The van der Waals surface area contributed by atoms with Gasteiger partial charge in [-0.3, -0.25) is 4.79 Å². The molecule has 2 saturated heterocycles. The van der Waals surface area contributed by atoms with Gasteiger partial charge in [0.1, 0.15) is 11.6 Å². The molecule has 0 bridgehead atoms. The van der Waals surface area contributed by atoms with E-state index in [0.717, 1.165) is 31.4 Å². The number of carbonyl (C=O) groups excluding carboxylic acids is 2. The van der Waals surface area contributed by atoms with E-state index in [1.165, 1.54) is 0 Å². The van der Waals surface area contributed by atoms with E-state index in [1.807, 2.05) is 41.5 Å². The first-order valence-corrected chi connectivity index (χ1v) is 13.3. The summed E-state index contributed by atoms with van der Waals surface area (Å²) in [6.45, 7) is 19.4. The molecule has 1 aromatic rings. The maximum Gasteiger partial charge on any atom is 0.498 e. The van der Waals surface area contributed by atoms with E-state index in [4.69, 9.17) is 14.0 Å². The highest BCUT2D eigenvalue weighted by atomic mass is 16.7. The van der Waals surface area contributed by atoms with Crippen LogP contribution in [0.15, 0.2) is 12.4 Å². The number of alkyl carbamates (subject to hydrolysis) is 1. The van der Waals surface area contributed by atoms with E-state index in [-0.39, 0.29) is 17.7 Å². The lowest BCUT2D eigenvalue weighted by Gasteiger charge is -2.33. The van der Waals surface area contributed by atoms with Gasteiger partial charge in [-0.2, -0.15) is 0 Å². The highest BCUT2D eigenvalue weighted by molar-refractivity contribution is 6.61. The zero-order valence-electron chi connectivity index (χ0n) is 23.9. The van der Waals surface area contributed by atoms with Crippen LogP contribution in [0.5, 0.6) is 0 Å². The third-order valence-electron chi connectivity index (χ3n) is 7.17. The molecule has 0 aliphatic carbocycles. The Balaban J connectivity index is 1.54. The van der Waals surface area contributed by atoms with E-state index < -0.39 is 36.1 Å². The van der Waals surface area contributed by atoms with Crippen molar-refractivity contribution in [2.24, 2.45) is 11.8 Å². The van der Waals surface area contributed by atoms with Gasteiger partial charge in [0.2, 0.25) is 11.9 Å². The average molecular weight is 517 g/mol. The Bertz CT molecular complexity index is 932. The fraction of sp³-hybridized carbons (Fsp3) is 0.769. The van der Waals surface area contributed by atoms with Crippen molar-refractivity contribution in [1.82, 2.24) is 20.6 Å². The highest BCUT2D eigenvalue weighted by Crippen LogP contribution is 2.36. The molecule has 11 heteroatoms. The van der Waals surface area contributed by atoms with Gasteiger partial charge < -0.3 is 29.6 Å². The van der Waals surface area contributed by atoms with Crippen LogP contribution in [-0.4, -0.2) is 71.6 Å². The van der Waals surface area contributed by atoms with E-state index >= 15 is 0 Å². The van der Waals surface area contributed by atoms with Crippen LogP contribution in [0.3, 0.4) is 0 Å². The SMILES string of the molecule is CC(C)[C@H](NC(=O)OC(C)(C)C)C(=O)NC[C@@H]1CCCN(c2ncc(B3OC(C)(C)C(C)(C)O3)cn2)C1. The van der Waals surface area contributed by atoms with Crippen LogP contribution < -0.4 is 21.0 Å². The van der Waals surface area contributed by atoms with Gasteiger partial charge in [-0.1, -0.05) is 13.8 Å². The van der Waals surface area contributed by atoms with Gasteiger partial charge in [0.15, 0.2) is 0 Å². The third-order valence-corrected chi connectivity index (χ3v) is 7.17. The quantitative estimate of drug-likeness (QED) is 0.531. The molecule has 2 fully saturated rings. The molecule has 2 N–H and O–H groups in total. The van der Waals surface area contributed by atoms with E-state index in [2.05, 4.69) is 25.5 Å². The van der Waals surface area contributed by atoms with Gasteiger partial charge in [-0.25, -0.2) is 14.8 Å². The number of carbonyl (C=O) groups is 2. The van der Waals surface area contributed by atoms with Crippen molar-refractivity contribution in [3.05, 3.63) is 12.4 Å². The zero-order valence-corrected chi connectivity index (χ0v) is 23.9. The zero-order chi connectivity index (χ0) is 27.6. The second kappa shape index (κ2) is 11.1. The first-order chi connectivity index (χ1) is 17.1. The number of amides is 2. The maximum atomic E-state index is 12.9. The van der Waals surface area contributed by atoms with Crippen molar-refractivity contribution >= 4 is 30.5 Å².